The Morgan fingerprint density at radius 2 is 2.05 bits per heavy atom. The van der Waals surface area contributed by atoms with E-state index in [9.17, 15) is 4.79 Å². The van der Waals surface area contributed by atoms with Crippen LogP contribution in [0.15, 0.2) is 10.7 Å². The van der Waals surface area contributed by atoms with Crippen molar-refractivity contribution < 1.29 is 9.53 Å². The summed E-state index contributed by atoms with van der Waals surface area (Å²) < 4.78 is 7.37. The molecule has 108 valence electrons. The Hall–Kier alpha value is -0.720. The Balaban J connectivity index is 3.16. The lowest BCUT2D eigenvalue weighted by atomic mass is 9.71. The maximum Gasteiger partial charge on any atom is 0.189 e. The van der Waals surface area contributed by atoms with E-state index < -0.39 is 11.0 Å². The molecule has 0 unspecified atom stereocenters. The molecule has 0 amide bonds. The van der Waals surface area contributed by atoms with E-state index in [4.69, 9.17) is 10.5 Å². The molecule has 0 bridgehead atoms. The second-order valence-electron chi connectivity index (χ2n) is 5.73. The van der Waals surface area contributed by atoms with Crippen molar-refractivity contribution in [1.82, 2.24) is 9.78 Å². The Labute approximate surface area is 122 Å². The molecule has 0 aliphatic carbocycles. The van der Waals surface area contributed by atoms with E-state index in [2.05, 4.69) is 21.0 Å². The summed E-state index contributed by atoms with van der Waals surface area (Å²) in [4.78, 5) is 12.8. The van der Waals surface area contributed by atoms with Crippen molar-refractivity contribution in [3.05, 3.63) is 16.4 Å². The lowest BCUT2D eigenvalue weighted by Gasteiger charge is -2.37. The minimum Gasteiger partial charge on any atom is -0.383 e. The van der Waals surface area contributed by atoms with Crippen molar-refractivity contribution in [2.24, 2.45) is 11.1 Å². The summed E-state index contributed by atoms with van der Waals surface area (Å²) in [5, 5.41) is 4.20. The van der Waals surface area contributed by atoms with E-state index in [0.29, 0.717) is 23.3 Å². The molecule has 0 saturated carbocycles. The van der Waals surface area contributed by atoms with Gasteiger partial charge in [0.15, 0.2) is 5.78 Å². The zero-order valence-corrected chi connectivity index (χ0v) is 13.7. The van der Waals surface area contributed by atoms with E-state index in [-0.39, 0.29) is 5.78 Å². The van der Waals surface area contributed by atoms with Gasteiger partial charge in [0, 0.05) is 18.1 Å². The van der Waals surface area contributed by atoms with E-state index in [1.54, 1.807) is 18.0 Å². The second kappa shape index (κ2) is 5.73. The average molecular weight is 332 g/mol. The van der Waals surface area contributed by atoms with Gasteiger partial charge in [0.25, 0.3) is 0 Å². The van der Waals surface area contributed by atoms with Crippen LogP contribution in [0.1, 0.15) is 38.2 Å². The lowest BCUT2D eigenvalue weighted by Crippen LogP contribution is -2.52. The molecule has 1 aromatic rings. The van der Waals surface area contributed by atoms with Gasteiger partial charge in [-0.05, 0) is 29.8 Å². The summed E-state index contributed by atoms with van der Waals surface area (Å²) >= 11 is 3.38. The predicted molar refractivity (Wildman–Crippen MR) is 78.2 cm³/mol. The number of methoxy groups -OCH3 is 1. The Bertz CT molecular complexity index is 461. The van der Waals surface area contributed by atoms with E-state index in [0.717, 1.165) is 0 Å². The second-order valence-corrected chi connectivity index (χ2v) is 6.59. The number of nitrogens with zero attached hydrogens (tertiary/aromatic N) is 2. The topological polar surface area (TPSA) is 70.1 Å². The Kier molecular flexibility index (Phi) is 4.92. The molecular formula is C13H22BrN3O2. The quantitative estimate of drug-likeness (QED) is 0.811. The molecule has 6 heteroatoms. The van der Waals surface area contributed by atoms with Crippen LogP contribution in [0.3, 0.4) is 0 Å². The molecule has 19 heavy (non-hydrogen) atoms. The van der Waals surface area contributed by atoms with Crippen LogP contribution in [0.4, 0.5) is 0 Å². The zero-order chi connectivity index (χ0) is 14.8. The van der Waals surface area contributed by atoms with Gasteiger partial charge in [-0.3, -0.25) is 9.48 Å². The van der Waals surface area contributed by atoms with Gasteiger partial charge in [-0.2, -0.15) is 5.10 Å². The summed E-state index contributed by atoms with van der Waals surface area (Å²) in [6, 6.07) is 0. The predicted octanol–water partition coefficient (Wildman–Crippen LogP) is 2.24. The van der Waals surface area contributed by atoms with Crippen molar-refractivity contribution in [2.45, 2.75) is 39.8 Å². The van der Waals surface area contributed by atoms with Crippen molar-refractivity contribution in [1.29, 1.82) is 0 Å². The molecule has 1 aromatic heterocycles. The number of hydrogen-bond donors (Lipinski definition) is 1. The fourth-order valence-corrected chi connectivity index (χ4v) is 2.00. The minimum atomic E-state index is -0.694. The molecule has 0 aromatic carbocycles. The van der Waals surface area contributed by atoms with E-state index in [1.165, 1.54) is 0 Å². The smallest absolute Gasteiger partial charge is 0.189 e. The number of carbonyl (C=O) groups is 1. The van der Waals surface area contributed by atoms with Crippen LogP contribution in [-0.2, 0) is 11.3 Å². The van der Waals surface area contributed by atoms with Crippen LogP contribution in [0.2, 0.25) is 0 Å². The number of nitrogens with two attached hydrogens (primary N) is 1. The number of Topliss-reactive ketones (excluding diaryl/α,β-unsaturated/α-hetero) is 1. The van der Waals surface area contributed by atoms with Gasteiger partial charge >= 0.3 is 0 Å². The summed E-state index contributed by atoms with van der Waals surface area (Å²) in [6.45, 7) is 8.46. The van der Waals surface area contributed by atoms with Crippen LogP contribution >= 0.6 is 15.9 Å². The van der Waals surface area contributed by atoms with Crippen molar-refractivity contribution in [3.63, 3.8) is 0 Å². The Morgan fingerprint density at radius 1 is 1.47 bits per heavy atom. The van der Waals surface area contributed by atoms with Gasteiger partial charge in [-0.25, -0.2) is 0 Å². The number of ether oxygens (including phenoxy) is 1. The molecule has 2 N–H and O–H groups in total. The average Bonchev–Trinajstić information content (AvgIpc) is 2.65. The molecule has 0 atom stereocenters. The van der Waals surface area contributed by atoms with Gasteiger partial charge in [0.1, 0.15) is 5.69 Å². The SMILES string of the molecule is COCCn1ncc(Br)c1C(=O)C(C)(C)C(C)(C)N. The number of hydrogen-bond acceptors (Lipinski definition) is 4. The normalized spacial score (nSPS) is 12.8. The van der Waals surface area contributed by atoms with E-state index in [1.807, 2.05) is 27.7 Å². The molecule has 1 heterocycles. The van der Waals surface area contributed by atoms with Gasteiger partial charge in [-0.1, -0.05) is 13.8 Å². The molecule has 0 saturated heterocycles. The molecule has 5 nitrogen and oxygen atoms in total. The van der Waals surface area contributed by atoms with Gasteiger partial charge in [0.2, 0.25) is 0 Å². The van der Waals surface area contributed by atoms with Gasteiger partial charge in [-0.15, -0.1) is 0 Å². The minimum absolute atomic E-state index is 0.0273. The van der Waals surface area contributed by atoms with Gasteiger partial charge in [0.05, 0.1) is 23.8 Å². The largest absolute Gasteiger partial charge is 0.383 e. The standard InChI is InChI=1S/C13H22BrN3O2/c1-12(2,13(3,4)15)11(18)10-9(14)8-16-17(10)6-7-19-5/h8H,6-7,15H2,1-5H3. The zero-order valence-electron chi connectivity index (χ0n) is 12.2. The molecular weight excluding hydrogens is 310 g/mol. The molecule has 1 rings (SSSR count). The highest BCUT2D eigenvalue weighted by molar-refractivity contribution is 9.10. The van der Waals surface area contributed by atoms with Crippen LogP contribution in [0, 0.1) is 5.41 Å². The summed E-state index contributed by atoms with van der Waals surface area (Å²) in [5.74, 6) is -0.0273. The van der Waals surface area contributed by atoms with Crippen LogP contribution in [-0.4, -0.2) is 34.8 Å². The number of ketones is 1. The number of halogens is 1. The first-order valence-electron chi connectivity index (χ1n) is 6.17. The summed E-state index contributed by atoms with van der Waals surface area (Å²) in [6.07, 6.45) is 1.63. The Morgan fingerprint density at radius 3 is 2.53 bits per heavy atom. The van der Waals surface area contributed by atoms with Crippen molar-refractivity contribution >= 4 is 21.7 Å². The first kappa shape index (κ1) is 16.3. The molecule has 0 radical (unpaired) electrons. The number of aromatic nitrogens is 2. The fraction of sp³-hybridized carbons (Fsp3) is 0.692. The fourth-order valence-electron chi connectivity index (χ4n) is 1.52. The van der Waals surface area contributed by atoms with Gasteiger partial charge < -0.3 is 10.5 Å². The first-order chi connectivity index (χ1) is 8.63. The maximum absolute atomic E-state index is 12.8. The highest BCUT2D eigenvalue weighted by Crippen LogP contribution is 2.34. The van der Waals surface area contributed by atoms with Crippen LogP contribution in [0.25, 0.3) is 0 Å². The molecule has 0 aliphatic rings. The summed E-state index contributed by atoms with van der Waals surface area (Å²) in [7, 11) is 1.62. The lowest BCUT2D eigenvalue weighted by molar-refractivity contribution is 0.0718. The first-order valence-corrected chi connectivity index (χ1v) is 6.96. The molecule has 0 aliphatic heterocycles. The van der Waals surface area contributed by atoms with Crippen LogP contribution in [0.5, 0.6) is 0 Å². The number of carbonyl (C=O) groups excluding carboxylic acids is 1. The highest BCUT2D eigenvalue weighted by atomic mass is 79.9. The summed E-state index contributed by atoms with van der Waals surface area (Å²) in [5.41, 5.74) is 5.35. The third-order valence-electron chi connectivity index (χ3n) is 3.70. The monoisotopic (exact) mass is 331 g/mol. The third-order valence-corrected chi connectivity index (χ3v) is 4.28. The maximum atomic E-state index is 12.8. The van der Waals surface area contributed by atoms with E-state index >= 15 is 0 Å². The number of rotatable bonds is 6. The highest BCUT2D eigenvalue weighted by Gasteiger charge is 2.42. The van der Waals surface area contributed by atoms with Crippen molar-refractivity contribution in [3.8, 4) is 0 Å². The van der Waals surface area contributed by atoms with Crippen molar-refractivity contribution in [2.75, 3.05) is 13.7 Å². The molecule has 0 fully saturated rings. The molecule has 0 spiro atoms. The third kappa shape index (κ3) is 3.24. The van der Waals surface area contributed by atoms with Crippen LogP contribution < -0.4 is 5.73 Å².